The van der Waals surface area contributed by atoms with Crippen LogP contribution in [0, 0.1) is 24.0 Å². The largest absolute Gasteiger partial charge is 0.492 e. The summed E-state index contributed by atoms with van der Waals surface area (Å²) in [5, 5.41) is 25.0. The van der Waals surface area contributed by atoms with E-state index in [1.165, 1.54) is 0 Å². The number of ether oxygens (including phenoxy) is 2. The molecule has 31 heavy (non-hydrogen) atoms. The Balaban J connectivity index is 1.77. The van der Waals surface area contributed by atoms with E-state index in [1.807, 2.05) is 13.8 Å². The Morgan fingerprint density at radius 3 is 2.55 bits per heavy atom. The lowest BCUT2D eigenvalue weighted by molar-refractivity contribution is 0.179. The van der Waals surface area contributed by atoms with E-state index in [2.05, 4.69) is 15.0 Å². The maximum absolute atomic E-state index is 13.4. The fourth-order valence-corrected chi connectivity index (χ4v) is 3.60. The molecule has 0 saturated heterocycles. The summed E-state index contributed by atoms with van der Waals surface area (Å²) in [6.45, 7) is 4.08. The molecule has 0 saturated carbocycles. The van der Waals surface area contributed by atoms with Crippen LogP contribution in [0.5, 0.6) is 17.4 Å². The van der Waals surface area contributed by atoms with Gasteiger partial charge in [-0.2, -0.15) is 4.37 Å². The molecule has 10 heteroatoms. The molecule has 1 heterocycles. The summed E-state index contributed by atoms with van der Waals surface area (Å²) in [5.41, 5.74) is 1.73. The summed E-state index contributed by atoms with van der Waals surface area (Å²) in [5.74, 6) is -1.22. The van der Waals surface area contributed by atoms with Gasteiger partial charge in [-0.25, -0.2) is 8.78 Å². The highest BCUT2D eigenvalue weighted by Gasteiger charge is 2.20. The number of hydrogen-bond acceptors (Lipinski definition) is 7. The predicted octanol–water partition coefficient (Wildman–Crippen LogP) is 4.92. The first-order valence-electron chi connectivity index (χ1n) is 9.31. The van der Waals surface area contributed by atoms with Crippen LogP contribution >= 0.6 is 11.5 Å². The molecule has 2 aromatic carbocycles. The topological polar surface area (TPSA) is 99.5 Å². The van der Waals surface area contributed by atoms with Gasteiger partial charge in [-0.15, -0.1) is 0 Å². The van der Waals surface area contributed by atoms with Gasteiger partial charge in [0.2, 0.25) is 5.88 Å². The van der Waals surface area contributed by atoms with E-state index in [1.54, 1.807) is 25.3 Å². The number of aromatic hydroxyl groups is 1. The average molecular weight is 448 g/mol. The number of anilines is 2. The third-order valence-electron chi connectivity index (χ3n) is 4.25. The molecule has 3 aromatic rings. The van der Waals surface area contributed by atoms with E-state index >= 15 is 0 Å². The third kappa shape index (κ3) is 5.68. The first kappa shape index (κ1) is 22.4. The van der Waals surface area contributed by atoms with Crippen LogP contribution in [0.3, 0.4) is 0 Å². The SMILES string of the molecule is COCC(C)NC(=N)c1c(O)nsc1Nc1ccc(Oc2cc(F)cc(F)c2)cc1C. The van der Waals surface area contributed by atoms with Gasteiger partial charge in [-0.1, -0.05) is 0 Å². The molecule has 0 aliphatic heterocycles. The van der Waals surface area contributed by atoms with Gasteiger partial charge in [0.15, 0.2) is 0 Å². The third-order valence-corrected chi connectivity index (χ3v) is 5.00. The monoisotopic (exact) mass is 448 g/mol. The molecule has 0 spiro atoms. The van der Waals surface area contributed by atoms with Crippen molar-refractivity contribution in [3.05, 3.63) is 59.2 Å². The van der Waals surface area contributed by atoms with E-state index < -0.39 is 11.6 Å². The molecule has 1 aromatic heterocycles. The molecule has 0 aliphatic carbocycles. The second-order valence-electron chi connectivity index (χ2n) is 6.89. The van der Waals surface area contributed by atoms with Gasteiger partial charge in [-0.3, -0.25) is 5.41 Å². The number of aromatic nitrogens is 1. The maximum Gasteiger partial charge on any atom is 0.236 e. The Kier molecular flexibility index (Phi) is 7.03. The van der Waals surface area contributed by atoms with Crippen LogP contribution in [0.4, 0.5) is 19.5 Å². The standard InChI is InChI=1S/C21H22F2N4O3S/c1-11-6-15(30-16-8-13(22)7-14(23)9-16)4-5-17(11)26-21-18(20(28)27-31-21)19(24)25-12(2)10-29-3/h4-9,12,26H,10H2,1-3H3,(H2,24,25)(H,27,28). The van der Waals surface area contributed by atoms with Gasteiger partial charge in [0.1, 0.15) is 39.5 Å². The Bertz CT molecular complexity index is 1070. The van der Waals surface area contributed by atoms with Crippen LogP contribution < -0.4 is 15.4 Å². The minimum absolute atomic E-state index is 0.0176. The Morgan fingerprint density at radius 2 is 1.90 bits per heavy atom. The fraction of sp³-hybridized carbons (Fsp3) is 0.238. The highest BCUT2D eigenvalue weighted by molar-refractivity contribution is 7.11. The molecule has 0 fully saturated rings. The Labute approximate surface area is 182 Å². The van der Waals surface area contributed by atoms with Crippen LogP contribution in [-0.2, 0) is 4.74 Å². The van der Waals surface area contributed by atoms with E-state index in [-0.39, 0.29) is 29.1 Å². The summed E-state index contributed by atoms with van der Waals surface area (Å²) >= 11 is 1.02. The van der Waals surface area contributed by atoms with Crippen molar-refractivity contribution in [2.75, 3.05) is 19.0 Å². The van der Waals surface area contributed by atoms with Crippen molar-refractivity contribution in [3.63, 3.8) is 0 Å². The summed E-state index contributed by atoms with van der Waals surface area (Å²) in [6, 6.07) is 7.91. The van der Waals surface area contributed by atoms with E-state index in [9.17, 15) is 13.9 Å². The van der Waals surface area contributed by atoms with E-state index in [4.69, 9.17) is 14.9 Å². The molecule has 3 rings (SSSR count). The lowest BCUT2D eigenvalue weighted by atomic mass is 10.2. The van der Waals surface area contributed by atoms with E-state index in [0.717, 1.165) is 35.3 Å². The zero-order chi connectivity index (χ0) is 22.5. The first-order valence-corrected chi connectivity index (χ1v) is 10.1. The Morgan fingerprint density at radius 1 is 1.19 bits per heavy atom. The minimum atomic E-state index is -0.724. The van der Waals surface area contributed by atoms with Crippen molar-refractivity contribution >= 4 is 28.1 Å². The van der Waals surface area contributed by atoms with Crippen molar-refractivity contribution in [1.82, 2.24) is 9.69 Å². The smallest absolute Gasteiger partial charge is 0.236 e. The Hall–Kier alpha value is -3.24. The van der Waals surface area contributed by atoms with Gasteiger partial charge >= 0.3 is 0 Å². The first-order chi connectivity index (χ1) is 14.8. The van der Waals surface area contributed by atoms with Crippen molar-refractivity contribution in [2.24, 2.45) is 0 Å². The summed E-state index contributed by atoms with van der Waals surface area (Å²) < 4.78 is 41.3. The van der Waals surface area contributed by atoms with E-state index in [0.29, 0.717) is 23.0 Å². The van der Waals surface area contributed by atoms with Crippen LogP contribution in [0.1, 0.15) is 18.1 Å². The lowest BCUT2D eigenvalue weighted by Gasteiger charge is -2.16. The summed E-state index contributed by atoms with van der Waals surface area (Å²) in [4.78, 5) is 0. The van der Waals surface area contributed by atoms with Crippen molar-refractivity contribution in [2.45, 2.75) is 19.9 Å². The molecule has 0 bridgehead atoms. The van der Waals surface area contributed by atoms with Crippen LogP contribution in [-0.4, -0.2) is 35.1 Å². The number of hydrogen-bond donors (Lipinski definition) is 4. The van der Waals surface area contributed by atoms with Crippen LogP contribution in [0.25, 0.3) is 0 Å². The van der Waals surface area contributed by atoms with Gasteiger partial charge in [0, 0.05) is 37.0 Å². The number of methoxy groups -OCH3 is 1. The quantitative estimate of drug-likeness (QED) is 0.288. The van der Waals surface area contributed by atoms with Crippen molar-refractivity contribution in [1.29, 1.82) is 5.41 Å². The second-order valence-corrected chi connectivity index (χ2v) is 7.67. The number of amidine groups is 1. The van der Waals surface area contributed by atoms with Gasteiger partial charge < -0.3 is 25.2 Å². The van der Waals surface area contributed by atoms with Gasteiger partial charge in [-0.05, 0) is 49.1 Å². The number of benzene rings is 2. The molecule has 7 nitrogen and oxygen atoms in total. The normalized spacial score (nSPS) is 11.8. The molecule has 4 N–H and O–H groups in total. The zero-order valence-corrected chi connectivity index (χ0v) is 17.9. The van der Waals surface area contributed by atoms with Crippen LogP contribution in [0.15, 0.2) is 36.4 Å². The van der Waals surface area contributed by atoms with Gasteiger partial charge in [0.25, 0.3) is 0 Å². The number of halogens is 2. The highest BCUT2D eigenvalue weighted by Crippen LogP contribution is 2.34. The van der Waals surface area contributed by atoms with Gasteiger partial charge in [0.05, 0.1) is 6.61 Å². The van der Waals surface area contributed by atoms with Crippen molar-refractivity contribution < 1.29 is 23.4 Å². The lowest BCUT2D eigenvalue weighted by Crippen LogP contribution is -2.35. The molecule has 164 valence electrons. The average Bonchev–Trinajstić information content (AvgIpc) is 3.03. The zero-order valence-electron chi connectivity index (χ0n) is 17.1. The predicted molar refractivity (Wildman–Crippen MR) is 116 cm³/mol. The summed E-state index contributed by atoms with van der Waals surface area (Å²) in [6.07, 6.45) is 0. The second kappa shape index (κ2) is 9.71. The fourth-order valence-electron chi connectivity index (χ4n) is 2.89. The van der Waals surface area contributed by atoms with Crippen LogP contribution in [0.2, 0.25) is 0 Å². The number of aryl methyl sites for hydroxylation is 1. The molecule has 1 unspecified atom stereocenters. The molecular weight excluding hydrogens is 426 g/mol. The molecule has 0 aliphatic rings. The highest BCUT2D eigenvalue weighted by atomic mass is 32.1. The number of nitrogens with one attached hydrogen (secondary N) is 3. The molecule has 0 radical (unpaired) electrons. The number of rotatable bonds is 8. The molecule has 0 amide bonds. The summed E-state index contributed by atoms with van der Waals surface area (Å²) in [7, 11) is 1.57. The maximum atomic E-state index is 13.4. The molecular formula is C21H22F2N4O3S. The van der Waals surface area contributed by atoms with Crippen molar-refractivity contribution in [3.8, 4) is 17.4 Å². The number of nitrogens with zero attached hydrogens (tertiary/aromatic N) is 1. The minimum Gasteiger partial charge on any atom is -0.492 e. The molecule has 1 atom stereocenters.